The number of carbonyl (C=O) groups is 3. The number of anilines is 1. The van der Waals surface area contributed by atoms with E-state index < -0.39 is 17.4 Å². The number of nitrogen functional groups attached to an aromatic ring is 1. The van der Waals surface area contributed by atoms with Crippen molar-refractivity contribution in [3.8, 4) is 5.69 Å². The first kappa shape index (κ1) is 19.1. The van der Waals surface area contributed by atoms with Crippen molar-refractivity contribution in [3.05, 3.63) is 93.3 Å². The number of nitrogens with two attached hydrogens (primary N) is 1. The third-order valence-corrected chi connectivity index (χ3v) is 4.88. The summed E-state index contributed by atoms with van der Waals surface area (Å²) in [6.07, 6.45) is 0.715. The molecule has 150 valence electrons. The summed E-state index contributed by atoms with van der Waals surface area (Å²) in [6.45, 7) is 0.491. The van der Waals surface area contributed by atoms with E-state index in [1.54, 1.807) is 24.3 Å². The van der Waals surface area contributed by atoms with Gasteiger partial charge in [0.05, 0.1) is 16.8 Å². The number of benzene rings is 2. The molecule has 4 N–H and O–H groups in total. The van der Waals surface area contributed by atoms with Gasteiger partial charge in [-0.15, -0.1) is 0 Å². The van der Waals surface area contributed by atoms with Gasteiger partial charge in [-0.05, 0) is 36.2 Å². The van der Waals surface area contributed by atoms with Crippen LogP contribution >= 0.6 is 0 Å². The molecule has 0 aliphatic carbocycles. The van der Waals surface area contributed by atoms with Crippen molar-refractivity contribution in [2.45, 2.75) is 6.42 Å². The van der Waals surface area contributed by atoms with E-state index in [4.69, 9.17) is 5.73 Å². The molecule has 0 unspecified atom stereocenters. The summed E-state index contributed by atoms with van der Waals surface area (Å²) in [5.74, 6) is -1.65. The van der Waals surface area contributed by atoms with Gasteiger partial charge in [-0.3, -0.25) is 29.1 Å². The maximum atomic E-state index is 12.5. The highest BCUT2D eigenvalue weighted by molar-refractivity contribution is 6.23. The molecule has 2 aromatic carbocycles. The number of carbonyl (C=O) groups excluding carboxylic acids is 3. The van der Waals surface area contributed by atoms with E-state index >= 15 is 0 Å². The second kappa shape index (κ2) is 7.67. The lowest BCUT2D eigenvalue weighted by Gasteiger charge is -2.12. The number of rotatable bonds is 5. The highest BCUT2D eigenvalue weighted by Gasteiger charge is 2.31. The average molecular weight is 402 g/mol. The highest BCUT2D eigenvalue weighted by Crippen LogP contribution is 2.22. The lowest BCUT2D eigenvalue weighted by atomic mass is 10.1. The fourth-order valence-corrected chi connectivity index (χ4v) is 3.37. The van der Waals surface area contributed by atoms with Crippen molar-refractivity contribution < 1.29 is 14.4 Å². The molecule has 0 saturated heterocycles. The molecule has 1 aliphatic heterocycles. The molecule has 2 heterocycles. The Morgan fingerprint density at radius 2 is 1.67 bits per heavy atom. The molecule has 3 amide bonds. The predicted octanol–water partition coefficient (Wildman–Crippen LogP) is 1.28. The van der Waals surface area contributed by atoms with E-state index in [1.165, 1.54) is 0 Å². The SMILES string of the molecule is Nc1c2c(cc(=O)n1-c1ccc(C(=O)NCCc3ccccc3)cc1)C(=O)NC2=O. The van der Waals surface area contributed by atoms with E-state index in [0.29, 0.717) is 24.2 Å². The second-order valence-electron chi connectivity index (χ2n) is 6.81. The number of hydrogen-bond acceptors (Lipinski definition) is 5. The van der Waals surface area contributed by atoms with Crippen LogP contribution in [0.5, 0.6) is 0 Å². The van der Waals surface area contributed by atoms with Gasteiger partial charge < -0.3 is 11.1 Å². The van der Waals surface area contributed by atoms with Gasteiger partial charge >= 0.3 is 0 Å². The van der Waals surface area contributed by atoms with Crippen molar-refractivity contribution in [1.29, 1.82) is 0 Å². The molecule has 0 fully saturated rings. The zero-order valence-electron chi connectivity index (χ0n) is 15.8. The Labute approximate surface area is 171 Å². The van der Waals surface area contributed by atoms with Crippen LogP contribution in [-0.4, -0.2) is 28.8 Å². The maximum Gasteiger partial charge on any atom is 0.262 e. The van der Waals surface area contributed by atoms with Crippen molar-refractivity contribution in [2.24, 2.45) is 0 Å². The van der Waals surface area contributed by atoms with Crippen molar-refractivity contribution in [3.63, 3.8) is 0 Å². The molecule has 0 atom stereocenters. The lowest BCUT2D eigenvalue weighted by molar-refractivity contribution is 0.0878. The Balaban J connectivity index is 1.52. The number of imide groups is 1. The Kier molecular flexibility index (Phi) is 4.89. The average Bonchev–Trinajstić information content (AvgIpc) is 3.02. The molecule has 0 bridgehead atoms. The van der Waals surface area contributed by atoms with Crippen LogP contribution in [0.1, 0.15) is 36.6 Å². The van der Waals surface area contributed by atoms with Crippen molar-refractivity contribution >= 4 is 23.5 Å². The fourth-order valence-electron chi connectivity index (χ4n) is 3.37. The van der Waals surface area contributed by atoms with Crippen molar-refractivity contribution in [1.82, 2.24) is 15.2 Å². The lowest BCUT2D eigenvalue weighted by Crippen LogP contribution is -2.26. The number of hydrogen-bond donors (Lipinski definition) is 3. The molecular weight excluding hydrogens is 384 g/mol. The zero-order chi connectivity index (χ0) is 21.3. The molecule has 8 nitrogen and oxygen atoms in total. The van der Waals surface area contributed by atoms with E-state index in [1.807, 2.05) is 30.3 Å². The number of pyridine rings is 1. The van der Waals surface area contributed by atoms with Gasteiger partial charge in [-0.2, -0.15) is 0 Å². The number of fused-ring (bicyclic) bond motifs is 1. The largest absolute Gasteiger partial charge is 0.384 e. The molecule has 0 radical (unpaired) electrons. The monoisotopic (exact) mass is 402 g/mol. The fraction of sp³-hybridized carbons (Fsp3) is 0.0909. The summed E-state index contributed by atoms with van der Waals surface area (Å²) in [5.41, 5.74) is 7.34. The summed E-state index contributed by atoms with van der Waals surface area (Å²) >= 11 is 0. The van der Waals surface area contributed by atoms with E-state index in [2.05, 4.69) is 10.6 Å². The molecule has 3 aromatic rings. The Morgan fingerprint density at radius 3 is 2.37 bits per heavy atom. The summed E-state index contributed by atoms with van der Waals surface area (Å²) in [6, 6.07) is 17.2. The van der Waals surface area contributed by atoms with Gasteiger partial charge in [0.2, 0.25) is 0 Å². The Hall–Kier alpha value is -4.20. The Bertz CT molecular complexity index is 1210. The van der Waals surface area contributed by atoms with Gasteiger partial charge in [-0.1, -0.05) is 30.3 Å². The second-order valence-corrected chi connectivity index (χ2v) is 6.81. The van der Waals surface area contributed by atoms with Gasteiger partial charge in [-0.25, -0.2) is 0 Å². The van der Waals surface area contributed by atoms with E-state index in [-0.39, 0.29) is 22.9 Å². The van der Waals surface area contributed by atoms with Crippen LogP contribution in [0.2, 0.25) is 0 Å². The first-order valence-corrected chi connectivity index (χ1v) is 9.29. The molecule has 30 heavy (non-hydrogen) atoms. The number of amides is 3. The number of aromatic nitrogens is 1. The van der Waals surface area contributed by atoms with Crippen LogP contribution in [0.4, 0.5) is 5.82 Å². The first-order valence-electron chi connectivity index (χ1n) is 9.29. The predicted molar refractivity (Wildman–Crippen MR) is 111 cm³/mol. The smallest absolute Gasteiger partial charge is 0.262 e. The van der Waals surface area contributed by atoms with Crippen LogP contribution in [0.3, 0.4) is 0 Å². The van der Waals surface area contributed by atoms with E-state index in [9.17, 15) is 19.2 Å². The van der Waals surface area contributed by atoms with Crippen LogP contribution in [0.25, 0.3) is 5.69 Å². The molecule has 4 rings (SSSR count). The maximum absolute atomic E-state index is 12.5. The minimum Gasteiger partial charge on any atom is -0.384 e. The zero-order valence-corrected chi connectivity index (χ0v) is 15.8. The standard InChI is InChI=1S/C22H18N4O4/c23-19-18-16(21(29)25-22(18)30)12-17(27)26(19)15-8-6-14(7-9-15)20(28)24-11-10-13-4-2-1-3-5-13/h1-9,12H,10-11,23H2,(H,24,28)(H,25,29,30). The first-order chi connectivity index (χ1) is 14.5. The molecule has 0 saturated carbocycles. The van der Waals surface area contributed by atoms with Gasteiger partial charge in [0.1, 0.15) is 5.82 Å². The van der Waals surface area contributed by atoms with Crippen LogP contribution in [0, 0.1) is 0 Å². The van der Waals surface area contributed by atoms with Gasteiger partial charge in [0.15, 0.2) is 0 Å². The Morgan fingerprint density at radius 1 is 0.967 bits per heavy atom. The summed E-state index contributed by atoms with van der Waals surface area (Å²) in [7, 11) is 0. The minimum atomic E-state index is -0.645. The molecule has 0 spiro atoms. The minimum absolute atomic E-state index is 0.0256. The van der Waals surface area contributed by atoms with Gasteiger partial charge in [0, 0.05) is 18.2 Å². The molecule has 1 aromatic heterocycles. The summed E-state index contributed by atoms with van der Waals surface area (Å²) < 4.78 is 1.13. The number of nitrogens with one attached hydrogen (secondary N) is 2. The van der Waals surface area contributed by atoms with Gasteiger partial charge in [0.25, 0.3) is 23.3 Å². The molecule has 8 heteroatoms. The van der Waals surface area contributed by atoms with E-state index in [0.717, 1.165) is 16.2 Å². The van der Waals surface area contributed by atoms with Crippen LogP contribution < -0.4 is 21.9 Å². The summed E-state index contributed by atoms with van der Waals surface area (Å²) in [4.78, 5) is 48.5. The topological polar surface area (TPSA) is 123 Å². The molecular formula is C22H18N4O4. The van der Waals surface area contributed by atoms with Crippen molar-refractivity contribution in [2.75, 3.05) is 12.3 Å². The number of nitrogens with zero attached hydrogens (tertiary/aromatic N) is 1. The third-order valence-electron chi connectivity index (χ3n) is 4.88. The van der Waals surface area contributed by atoms with Crippen LogP contribution in [-0.2, 0) is 6.42 Å². The molecule has 1 aliphatic rings. The third kappa shape index (κ3) is 3.46. The highest BCUT2D eigenvalue weighted by atomic mass is 16.2. The summed E-state index contributed by atoms with van der Waals surface area (Å²) in [5, 5.41) is 4.97. The van der Waals surface area contributed by atoms with Crippen LogP contribution in [0.15, 0.2) is 65.5 Å². The normalized spacial score (nSPS) is 12.4. The quantitative estimate of drug-likeness (QED) is 0.555.